The lowest BCUT2D eigenvalue weighted by atomic mass is 10.0. The molecule has 2 amide bonds. The molecule has 2 unspecified atom stereocenters. The van der Waals surface area contributed by atoms with E-state index in [1.54, 1.807) is 13.8 Å². The Labute approximate surface area is 245 Å². The number of hydrogen-bond acceptors (Lipinski definition) is 11. The zero-order valence-corrected chi connectivity index (χ0v) is 25.0. The van der Waals surface area contributed by atoms with E-state index in [1.165, 1.54) is 16.7 Å². The third kappa shape index (κ3) is 6.40. The Kier molecular flexibility index (Phi) is 9.66. The number of anilines is 2. The third-order valence-electron chi connectivity index (χ3n) is 6.17. The molecule has 2 atom stereocenters. The minimum absolute atomic E-state index is 0.0774. The van der Waals surface area contributed by atoms with Crippen molar-refractivity contribution in [1.82, 2.24) is 20.5 Å². The number of nitrogen functional groups attached to an aromatic ring is 1. The van der Waals surface area contributed by atoms with E-state index in [-0.39, 0.29) is 32.9 Å². The monoisotopic (exact) mass is 607 g/mol. The predicted molar refractivity (Wildman–Crippen MR) is 156 cm³/mol. The molecule has 4 rings (SSSR count). The number of nitrogens with one attached hydrogen (secondary N) is 3. The number of aryl methyl sites for hydroxylation is 1. The lowest BCUT2D eigenvalue weighted by Crippen LogP contribution is -2.70. The fourth-order valence-electron chi connectivity index (χ4n) is 4.25. The first kappa shape index (κ1) is 29.8. The summed E-state index contributed by atoms with van der Waals surface area (Å²) in [6.07, 6.45) is 4.35. The van der Waals surface area contributed by atoms with Crippen LogP contribution in [0.25, 0.3) is 0 Å². The second-order valence-electron chi connectivity index (χ2n) is 9.48. The SMILES string of the molecule is CNCCNc1cc[n+](CC2=C(C=O)N3C(=O)C(NC(=O)/C(=N\OC(C)C)c4nc(N)sc4Cl)C3SC2)cc1C. The van der Waals surface area contributed by atoms with Gasteiger partial charge in [-0.15, -0.1) is 11.8 Å². The van der Waals surface area contributed by atoms with Crippen LogP contribution in [0.15, 0.2) is 34.9 Å². The van der Waals surface area contributed by atoms with Gasteiger partial charge < -0.3 is 26.5 Å². The molecule has 2 aliphatic heterocycles. The Hall–Kier alpha value is -3.20. The summed E-state index contributed by atoms with van der Waals surface area (Å²) in [5.41, 5.74) is 8.90. The fourth-order valence-corrected chi connectivity index (χ4v) is 6.53. The molecule has 1 fully saturated rings. The number of aldehydes is 1. The number of hydrogen-bond donors (Lipinski definition) is 4. The van der Waals surface area contributed by atoms with Crippen LogP contribution in [0.1, 0.15) is 25.1 Å². The van der Waals surface area contributed by atoms with Gasteiger partial charge in [-0.25, -0.2) is 9.55 Å². The number of likely N-dealkylation sites (N-methyl/N-ethyl adjacent to an activating group) is 1. The van der Waals surface area contributed by atoms with Crippen molar-refractivity contribution >= 4 is 69.3 Å². The summed E-state index contributed by atoms with van der Waals surface area (Å²) in [5, 5.41) is 12.9. The average Bonchev–Trinajstić information content (AvgIpc) is 3.25. The molecule has 214 valence electrons. The van der Waals surface area contributed by atoms with Crippen molar-refractivity contribution < 1.29 is 23.8 Å². The maximum absolute atomic E-state index is 13.2. The van der Waals surface area contributed by atoms with Crippen molar-refractivity contribution in [3.63, 3.8) is 0 Å². The minimum atomic E-state index is -0.856. The van der Waals surface area contributed by atoms with Crippen LogP contribution < -0.4 is 26.3 Å². The van der Waals surface area contributed by atoms with Crippen molar-refractivity contribution in [2.24, 2.45) is 5.16 Å². The van der Waals surface area contributed by atoms with Crippen LogP contribution in [0.2, 0.25) is 4.34 Å². The highest BCUT2D eigenvalue weighted by atomic mass is 35.5. The van der Waals surface area contributed by atoms with Gasteiger partial charge in [0.1, 0.15) is 27.5 Å². The standard InChI is InChI=1S/C25H31ClN8O4S2/c1-13(2)38-32-19(18-21(26)40-25(27)31-18)22(36)30-20-23(37)34-17(11-35)15(12-39-24(20)34)10-33-8-5-16(14(3)9-33)29-7-6-28-4/h5,8-9,11,13,20,24,28H,6-7,10,12H2,1-4H3,(H3,27,30,31,36)/p+1/b32-19-. The molecule has 2 aromatic rings. The van der Waals surface area contributed by atoms with Gasteiger partial charge in [-0.3, -0.25) is 19.3 Å². The lowest BCUT2D eigenvalue weighted by Gasteiger charge is -2.49. The summed E-state index contributed by atoms with van der Waals surface area (Å²) in [6, 6.07) is 1.14. The molecule has 2 aliphatic rings. The number of thioether (sulfide) groups is 1. The number of aromatic nitrogens is 2. The quantitative estimate of drug-likeness (QED) is 0.0697. The van der Waals surface area contributed by atoms with Gasteiger partial charge in [0.2, 0.25) is 0 Å². The van der Waals surface area contributed by atoms with E-state index in [0.717, 1.165) is 41.3 Å². The second-order valence-corrected chi connectivity index (χ2v) is 12.2. The molecular weight excluding hydrogens is 576 g/mol. The number of rotatable bonds is 12. The summed E-state index contributed by atoms with van der Waals surface area (Å²) in [5.74, 6) is -0.540. The maximum Gasteiger partial charge on any atom is 0.276 e. The number of carbonyl (C=O) groups is 3. The zero-order valence-electron chi connectivity index (χ0n) is 22.6. The number of amides is 2. The highest BCUT2D eigenvalue weighted by Crippen LogP contribution is 2.39. The van der Waals surface area contributed by atoms with Gasteiger partial charge in [0.25, 0.3) is 11.8 Å². The molecular formula is C25H32ClN8O4S2+. The Balaban J connectivity index is 1.48. The number of nitrogens with two attached hydrogens (primary N) is 1. The molecule has 15 heteroatoms. The molecule has 0 radical (unpaired) electrons. The molecule has 12 nitrogen and oxygen atoms in total. The van der Waals surface area contributed by atoms with Crippen molar-refractivity contribution in [1.29, 1.82) is 0 Å². The number of pyridine rings is 1. The van der Waals surface area contributed by atoms with Gasteiger partial charge in [0, 0.05) is 41.7 Å². The van der Waals surface area contributed by atoms with Crippen LogP contribution in [-0.4, -0.2) is 77.1 Å². The Morgan fingerprint density at radius 2 is 2.20 bits per heavy atom. The average molecular weight is 608 g/mol. The molecule has 0 aromatic carbocycles. The zero-order chi connectivity index (χ0) is 29.0. The summed E-state index contributed by atoms with van der Waals surface area (Å²) in [4.78, 5) is 49.3. The molecule has 4 heterocycles. The first-order valence-corrected chi connectivity index (χ1v) is 14.9. The lowest BCUT2D eigenvalue weighted by molar-refractivity contribution is -0.689. The smallest absolute Gasteiger partial charge is 0.276 e. The third-order valence-corrected chi connectivity index (χ3v) is 8.59. The van der Waals surface area contributed by atoms with Crippen molar-refractivity contribution in [2.75, 3.05) is 36.9 Å². The van der Waals surface area contributed by atoms with Crippen molar-refractivity contribution in [2.45, 2.75) is 44.8 Å². The normalized spacial score (nSPS) is 18.9. The Morgan fingerprint density at radius 1 is 1.43 bits per heavy atom. The van der Waals surface area contributed by atoms with Crippen molar-refractivity contribution in [3.8, 4) is 0 Å². The van der Waals surface area contributed by atoms with Gasteiger partial charge in [-0.1, -0.05) is 28.1 Å². The molecule has 1 saturated heterocycles. The number of thiazole rings is 1. The number of allylic oxidation sites excluding steroid dienone is 1. The van der Waals surface area contributed by atoms with Crippen LogP contribution in [0.4, 0.5) is 10.8 Å². The first-order chi connectivity index (χ1) is 19.1. The molecule has 40 heavy (non-hydrogen) atoms. The fraction of sp³-hybridized carbons (Fsp3) is 0.440. The summed E-state index contributed by atoms with van der Waals surface area (Å²) < 4.78 is 2.17. The number of oxime groups is 1. The molecule has 2 aromatic heterocycles. The number of nitrogens with zero attached hydrogens (tertiary/aromatic N) is 4. The molecule has 0 spiro atoms. The number of β-lactam (4-membered cyclic amide) rings is 1. The van der Waals surface area contributed by atoms with E-state index < -0.39 is 17.3 Å². The maximum atomic E-state index is 13.2. The van der Waals surface area contributed by atoms with Gasteiger partial charge >= 0.3 is 0 Å². The largest absolute Gasteiger partial charge is 0.392 e. The summed E-state index contributed by atoms with van der Waals surface area (Å²) >= 11 is 8.69. The molecule has 0 saturated carbocycles. The van der Waals surface area contributed by atoms with Crippen LogP contribution in [0.5, 0.6) is 0 Å². The van der Waals surface area contributed by atoms with Crippen LogP contribution in [-0.2, 0) is 25.8 Å². The summed E-state index contributed by atoms with van der Waals surface area (Å²) in [6.45, 7) is 7.63. The van der Waals surface area contributed by atoms with Crippen molar-refractivity contribution in [3.05, 3.63) is 45.3 Å². The van der Waals surface area contributed by atoms with E-state index in [1.807, 2.05) is 37.0 Å². The van der Waals surface area contributed by atoms with Gasteiger partial charge in [0.15, 0.2) is 36.1 Å². The van der Waals surface area contributed by atoms with Crippen LogP contribution in [0.3, 0.4) is 0 Å². The van der Waals surface area contributed by atoms with E-state index in [4.69, 9.17) is 22.2 Å². The summed E-state index contributed by atoms with van der Waals surface area (Å²) in [7, 11) is 1.90. The van der Waals surface area contributed by atoms with E-state index in [9.17, 15) is 14.4 Å². The molecule has 0 bridgehead atoms. The highest BCUT2D eigenvalue weighted by molar-refractivity contribution is 8.00. The number of carbonyl (C=O) groups excluding carboxylic acids is 3. The first-order valence-electron chi connectivity index (χ1n) is 12.6. The topological polar surface area (TPSA) is 155 Å². The van der Waals surface area contributed by atoms with Crippen LogP contribution in [0, 0.1) is 6.92 Å². The second kappa shape index (κ2) is 13.0. The number of halogens is 1. The predicted octanol–water partition coefficient (Wildman–Crippen LogP) is 1.29. The van der Waals surface area contributed by atoms with Crippen LogP contribution >= 0.6 is 34.7 Å². The minimum Gasteiger partial charge on any atom is -0.392 e. The van der Waals surface area contributed by atoms with E-state index in [2.05, 4.69) is 26.1 Å². The molecule has 0 aliphatic carbocycles. The molecule has 5 N–H and O–H groups in total. The van der Waals surface area contributed by atoms with Gasteiger partial charge in [-0.05, 0) is 27.8 Å². The highest BCUT2D eigenvalue weighted by Gasteiger charge is 2.53. The van der Waals surface area contributed by atoms with Gasteiger partial charge in [-0.2, -0.15) is 0 Å². The van der Waals surface area contributed by atoms with Gasteiger partial charge in [0.05, 0.1) is 5.70 Å². The number of fused-ring (bicyclic) bond motifs is 1. The Morgan fingerprint density at radius 3 is 2.83 bits per heavy atom. The van der Waals surface area contributed by atoms with E-state index in [0.29, 0.717) is 24.3 Å². The van der Waals surface area contributed by atoms with E-state index >= 15 is 0 Å². The Bertz CT molecular complexity index is 1360.